The van der Waals surface area contributed by atoms with Gasteiger partial charge in [-0.25, -0.2) is 0 Å². The molecule has 2 aromatic carbocycles. The van der Waals surface area contributed by atoms with Gasteiger partial charge in [0.2, 0.25) is 0 Å². The number of aliphatic hydroxyl groups is 2. The zero-order valence-electron chi connectivity index (χ0n) is 12.5. The van der Waals surface area contributed by atoms with Gasteiger partial charge in [0, 0.05) is 16.5 Å². The Hall–Kier alpha value is -2.17. The fraction of sp³-hybridized carbons (Fsp3) is 0.278. The van der Waals surface area contributed by atoms with Crippen molar-refractivity contribution in [2.75, 3.05) is 19.8 Å². The van der Waals surface area contributed by atoms with Crippen LogP contribution in [-0.4, -0.2) is 35.8 Å². The first-order valence-electron chi connectivity index (χ1n) is 7.12. The van der Waals surface area contributed by atoms with E-state index in [0.29, 0.717) is 16.9 Å². The highest BCUT2D eigenvalue weighted by molar-refractivity contribution is 6.08. The Bertz CT molecular complexity index is 601. The van der Waals surface area contributed by atoms with Gasteiger partial charge in [-0.3, -0.25) is 4.79 Å². The van der Waals surface area contributed by atoms with E-state index in [4.69, 9.17) is 4.74 Å². The second-order valence-electron chi connectivity index (χ2n) is 5.64. The third-order valence-corrected chi connectivity index (χ3v) is 3.50. The highest BCUT2D eigenvalue weighted by Crippen LogP contribution is 2.20. The van der Waals surface area contributed by atoms with E-state index in [9.17, 15) is 15.0 Å². The fourth-order valence-electron chi connectivity index (χ4n) is 1.86. The predicted molar refractivity (Wildman–Crippen MR) is 84.1 cm³/mol. The SMILES string of the molecule is CC(CO)(CO)COc1ccc(C(=O)c2ccccc2)cc1. The van der Waals surface area contributed by atoms with Crippen molar-refractivity contribution >= 4 is 5.78 Å². The first-order valence-corrected chi connectivity index (χ1v) is 7.12. The van der Waals surface area contributed by atoms with Gasteiger partial charge < -0.3 is 14.9 Å². The molecule has 0 atom stereocenters. The van der Waals surface area contributed by atoms with Gasteiger partial charge in [0.15, 0.2) is 5.78 Å². The van der Waals surface area contributed by atoms with E-state index in [0.717, 1.165) is 0 Å². The monoisotopic (exact) mass is 300 g/mol. The number of ether oxygens (including phenoxy) is 1. The molecule has 4 heteroatoms. The fourth-order valence-corrected chi connectivity index (χ4v) is 1.86. The average molecular weight is 300 g/mol. The third kappa shape index (κ3) is 3.93. The molecule has 0 fully saturated rings. The summed E-state index contributed by atoms with van der Waals surface area (Å²) in [6.45, 7) is 1.62. The molecule has 0 aliphatic heterocycles. The number of aliphatic hydroxyl groups excluding tert-OH is 2. The molecule has 0 aliphatic rings. The van der Waals surface area contributed by atoms with Crippen LogP contribution in [-0.2, 0) is 0 Å². The predicted octanol–water partition coefficient (Wildman–Crippen LogP) is 2.29. The summed E-state index contributed by atoms with van der Waals surface area (Å²) >= 11 is 0. The molecular formula is C18H20O4. The smallest absolute Gasteiger partial charge is 0.193 e. The third-order valence-electron chi connectivity index (χ3n) is 3.50. The molecule has 4 nitrogen and oxygen atoms in total. The van der Waals surface area contributed by atoms with Crippen LogP contribution in [0.25, 0.3) is 0 Å². The Kier molecular flexibility index (Phi) is 5.31. The zero-order valence-corrected chi connectivity index (χ0v) is 12.5. The van der Waals surface area contributed by atoms with Crippen molar-refractivity contribution in [2.24, 2.45) is 5.41 Å². The standard InChI is InChI=1S/C18H20O4/c1-18(11-19,12-20)13-22-16-9-7-15(8-10-16)17(21)14-5-3-2-4-6-14/h2-10,19-20H,11-13H2,1H3. The van der Waals surface area contributed by atoms with Gasteiger partial charge in [0.05, 0.1) is 19.8 Å². The lowest BCUT2D eigenvalue weighted by Gasteiger charge is -2.24. The van der Waals surface area contributed by atoms with Gasteiger partial charge in [-0.1, -0.05) is 37.3 Å². The van der Waals surface area contributed by atoms with Crippen molar-refractivity contribution in [1.82, 2.24) is 0 Å². The van der Waals surface area contributed by atoms with Crippen molar-refractivity contribution < 1.29 is 19.7 Å². The van der Waals surface area contributed by atoms with E-state index < -0.39 is 5.41 Å². The minimum absolute atomic E-state index is 0.0392. The molecule has 2 N–H and O–H groups in total. The number of hydrogen-bond donors (Lipinski definition) is 2. The van der Waals surface area contributed by atoms with Gasteiger partial charge in [0.25, 0.3) is 0 Å². The van der Waals surface area contributed by atoms with Crippen LogP contribution in [0, 0.1) is 5.41 Å². The molecule has 2 rings (SSSR count). The molecule has 0 unspecified atom stereocenters. The van der Waals surface area contributed by atoms with E-state index in [1.807, 2.05) is 18.2 Å². The minimum Gasteiger partial charge on any atom is -0.493 e. The largest absolute Gasteiger partial charge is 0.493 e. The molecule has 0 saturated heterocycles. The van der Waals surface area contributed by atoms with Crippen LogP contribution in [0.1, 0.15) is 22.8 Å². The highest BCUT2D eigenvalue weighted by atomic mass is 16.5. The van der Waals surface area contributed by atoms with Gasteiger partial charge in [0.1, 0.15) is 5.75 Å². The summed E-state index contributed by atoms with van der Waals surface area (Å²) < 4.78 is 5.56. The summed E-state index contributed by atoms with van der Waals surface area (Å²) in [6.07, 6.45) is 0. The van der Waals surface area contributed by atoms with Crippen molar-refractivity contribution in [2.45, 2.75) is 6.92 Å². The second-order valence-corrected chi connectivity index (χ2v) is 5.64. The first kappa shape index (κ1) is 16.2. The van der Waals surface area contributed by atoms with Crippen LogP contribution in [0.15, 0.2) is 54.6 Å². The summed E-state index contributed by atoms with van der Waals surface area (Å²) in [4.78, 5) is 12.3. The van der Waals surface area contributed by atoms with E-state index in [-0.39, 0.29) is 25.6 Å². The Morgan fingerprint density at radius 2 is 1.50 bits per heavy atom. The van der Waals surface area contributed by atoms with Crippen LogP contribution in [0.2, 0.25) is 0 Å². The quantitative estimate of drug-likeness (QED) is 0.770. The molecule has 0 aliphatic carbocycles. The van der Waals surface area contributed by atoms with Crippen LogP contribution < -0.4 is 4.74 Å². The molecule has 22 heavy (non-hydrogen) atoms. The minimum atomic E-state index is -0.682. The van der Waals surface area contributed by atoms with Crippen LogP contribution in [0.5, 0.6) is 5.75 Å². The van der Waals surface area contributed by atoms with E-state index >= 15 is 0 Å². The van der Waals surface area contributed by atoms with Crippen LogP contribution in [0.4, 0.5) is 0 Å². The maximum atomic E-state index is 12.3. The van der Waals surface area contributed by atoms with Crippen molar-refractivity contribution in [3.8, 4) is 5.75 Å². The van der Waals surface area contributed by atoms with Crippen molar-refractivity contribution in [3.63, 3.8) is 0 Å². The Labute approximate surface area is 130 Å². The molecule has 0 amide bonds. The number of carbonyl (C=O) groups excluding carboxylic acids is 1. The van der Waals surface area contributed by atoms with Gasteiger partial charge in [-0.15, -0.1) is 0 Å². The Morgan fingerprint density at radius 1 is 0.955 bits per heavy atom. The molecule has 116 valence electrons. The molecule has 0 radical (unpaired) electrons. The Morgan fingerprint density at radius 3 is 2.05 bits per heavy atom. The molecule has 0 spiro atoms. The molecular weight excluding hydrogens is 280 g/mol. The second kappa shape index (κ2) is 7.20. The molecule has 0 bridgehead atoms. The van der Waals surface area contributed by atoms with Crippen LogP contribution in [0.3, 0.4) is 0 Å². The average Bonchev–Trinajstić information content (AvgIpc) is 2.60. The van der Waals surface area contributed by atoms with E-state index in [2.05, 4.69) is 0 Å². The number of benzene rings is 2. The summed E-state index contributed by atoms with van der Waals surface area (Å²) in [5, 5.41) is 18.4. The molecule has 2 aromatic rings. The maximum Gasteiger partial charge on any atom is 0.193 e. The number of rotatable bonds is 7. The first-order chi connectivity index (χ1) is 10.6. The van der Waals surface area contributed by atoms with Gasteiger partial charge >= 0.3 is 0 Å². The summed E-state index contributed by atoms with van der Waals surface area (Å²) in [6, 6.07) is 15.9. The van der Waals surface area contributed by atoms with Crippen molar-refractivity contribution in [3.05, 3.63) is 65.7 Å². The van der Waals surface area contributed by atoms with Gasteiger partial charge in [-0.05, 0) is 24.3 Å². The number of ketones is 1. The van der Waals surface area contributed by atoms with E-state index in [1.54, 1.807) is 43.3 Å². The number of hydrogen-bond acceptors (Lipinski definition) is 4. The Balaban J connectivity index is 2.03. The van der Waals surface area contributed by atoms with Crippen LogP contribution >= 0.6 is 0 Å². The lowest BCUT2D eigenvalue weighted by Crippen LogP contribution is -2.32. The van der Waals surface area contributed by atoms with E-state index in [1.165, 1.54) is 0 Å². The topological polar surface area (TPSA) is 66.8 Å². The number of carbonyl (C=O) groups is 1. The van der Waals surface area contributed by atoms with Crippen molar-refractivity contribution in [1.29, 1.82) is 0 Å². The summed E-state index contributed by atoms with van der Waals surface area (Å²) in [5.41, 5.74) is 0.549. The summed E-state index contributed by atoms with van der Waals surface area (Å²) in [5.74, 6) is 0.556. The lowest BCUT2D eigenvalue weighted by molar-refractivity contribution is 0.0287. The highest BCUT2D eigenvalue weighted by Gasteiger charge is 2.23. The molecule has 0 saturated carbocycles. The molecule has 0 heterocycles. The normalized spacial score (nSPS) is 11.2. The zero-order chi connectivity index (χ0) is 16.0. The lowest BCUT2D eigenvalue weighted by atomic mass is 9.94. The summed E-state index contributed by atoms with van der Waals surface area (Å²) in [7, 11) is 0. The maximum absolute atomic E-state index is 12.3. The van der Waals surface area contributed by atoms with Gasteiger partial charge in [-0.2, -0.15) is 0 Å². The molecule has 0 aromatic heterocycles.